The quantitative estimate of drug-likeness (QED) is 0.405. The van der Waals surface area contributed by atoms with Gasteiger partial charge in [-0.3, -0.25) is 19.4 Å². The molecule has 0 radical (unpaired) electrons. The number of ether oxygens (including phenoxy) is 1. The van der Waals surface area contributed by atoms with Gasteiger partial charge in [0.2, 0.25) is 5.91 Å². The molecule has 43 heavy (non-hydrogen) atoms. The summed E-state index contributed by atoms with van der Waals surface area (Å²) < 4.78 is 20.2. The number of amides is 2. The molecular weight excluding hydrogens is 562 g/mol. The van der Waals surface area contributed by atoms with E-state index in [4.69, 9.17) is 4.74 Å². The highest BCUT2D eigenvalue weighted by Gasteiger charge is 2.33. The average Bonchev–Trinajstić information content (AvgIpc) is 3.55. The summed E-state index contributed by atoms with van der Waals surface area (Å²) in [6.45, 7) is 11.1. The Labute approximate surface area is 258 Å². The van der Waals surface area contributed by atoms with Gasteiger partial charge in [-0.25, -0.2) is 0 Å². The molecule has 5 rings (SSSR count). The smallest absolute Gasteiger partial charge is 0.272 e. The van der Waals surface area contributed by atoms with Crippen molar-refractivity contribution >= 4 is 39.6 Å². The summed E-state index contributed by atoms with van der Waals surface area (Å²) in [5.74, 6) is 0.423. The molecule has 2 aromatic carbocycles. The van der Waals surface area contributed by atoms with Crippen molar-refractivity contribution in [2.24, 2.45) is 7.05 Å². The minimum absolute atomic E-state index is 0.0276. The highest BCUT2D eigenvalue weighted by atomic mass is 32.2. The Hall–Kier alpha value is -3.05. The summed E-state index contributed by atoms with van der Waals surface area (Å²) in [4.78, 5) is 33.9. The number of carbonyl (C=O) groups is 2. The third kappa shape index (κ3) is 6.43. The van der Waals surface area contributed by atoms with Crippen molar-refractivity contribution in [1.29, 1.82) is 0 Å². The summed E-state index contributed by atoms with van der Waals surface area (Å²) in [6.07, 6.45) is 3.66. The molecule has 232 valence electrons. The molecule has 3 aromatic rings. The number of rotatable bonds is 7. The van der Waals surface area contributed by atoms with Gasteiger partial charge in [-0.1, -0.05) is 39.0 Å². The third-order valence-corrected chi connectivity index (χ3v) is 9.86. The molecule has 1 unspecified atom stereocenters. The zero-order valence-electron chi connectivity index (χ0n) is 26.5. The normalized spacial score (nSPS) is 19.2. The molecule has 2 atom stereocenters. The Morgan fingerprint density at radius 2 is 1.79 bits per heavy atom. The number of hydrogen-bond acceptors (Lipinski definition) is 6. The Kier molecular flexibility index (Phi) is 9.13. The maximum absolute atomic E-state index is 13.7. The van der Waals surface area contributed by atoms with Crippen LogP contribution in [0.25, 0.3) is 10.9 Å². The molecule has 1 aromatic heterocycles. The topological polar surface area (TPSA) is 93.1 Å². The second kappa shape index (κ2) is 12.5. The van der Waals surface area contributed by atoms with E-state index in [9.17, 15) is 14.1 Å². The van der Waals surface area contributed by atoms with Crippen LogP contribution < -0.4 is 10.1 Å². The van der Waals surface area contributed by atoms with Gasteiger partial charge in [-0.2, -0.15) is 0 Å². The minimum atomic E-state index is -1.30. The van der Waals surface area contributed by atoms with Crippen LogP contribution in [-0.4, -0.2) is 94.8 Å². The highest BCUT2D eigenvalue weighted by molar-refractivity contribution is 7.90. The van der Waals surface area contributed by atoms with E-state index in [1.54, 1.807) is 6.26 Å². The van der Waals surface area contributed by atoms with Gasteiger partial charge in [0.15, 0.2) is 10.6 Å². The number of aryl methyl sites for hydroxylation is 1. The van der Waals surface area contributed by atoms with Crippen LogP contribution in [0.2, 0.25) is 0 Å². The van der Waals surface area contributed by atoms with Crippen LogP contribution in [0.3, 0.4) is 0 Å². The first-order chi connectivity index (χ1) is 20.4. The monoisotopic (exact) mass is 607 g/mol. The number of aromatic nitrogens is 1. The van der Waals surface area contributed by atoms with Gasteiger partial charge >= 0.3 is 0 Å². The van der Waals surface area contributed by atoms with Crippen LogP contribution in [0.4, 0.5) is 5.69 Å². The van der Waals surface area contributed by atoms with Crippen molar-refractivity contribution in [3.63, 3.8) is 0 Å². The van der Waals surface area contributed by atoms with E-state index in [2.05, 4.69) is 42.0 Å². The molecule has 0 bridgehead atoms. The number of piperazine rings is 1. The zero-order valence-corrected chi connectivity index (χ0v) is 27.3. The Balaban J connectivity index is 1.35. The van der Waals surface area contributed by atoms with Gasteiger partial charge in [0.25, 0.3) is 5.91 Å². The number of methoxy groups -OCH3 is 1. The van der Waals surface area contributed by atoms with E-state index in [-0.39, 0.29) is 23.3 Å². The number of anilines is 1. The highest BCUT2D eigenvalue weighted by Crippen LogP contribution is 2.38. The van der Waals surface area contributed by atoms with Crippen LogP contribution in [0.1, 0.15) is 55.2 Å². The number of nitrogens with one attached hydrogen (secondary N) is 1. The van der Waals surface area contributed by atoms with Gasteiger partial charge in [0.05, 0.1) is 24.4 Å². The van der Waals surface area contributed by atoms with Crippen molar-refractivity contribution < 1.29 is 18.9 Å². The fourth-order valence-electron chi connectivity index (χ4n) is 6.39. The Bertz CT molecular complexity index is 1500. The Morgan fingerprint density at radius 1 is 1.07 bits per heavy atom. The average molecular weight is 608 g/mol. The summed E-state index contributed by atoms with van der Waals surface area (Å²) in [5, 5.41) is 4.05. The van der Waals surface area contributed by atoms with Crippen molar-refractivity contribution in [2.75, 3.05) is 58.5 Å². The second-order valence-corrected chi connectivity index (χ2v) is 14.2. The maximum atomic E-state index is 13.7. The molecule has 2 aliphatic heterocycles. The molecule has 0 aliphatic carbocycles. The van der Waals surface area contributed by atoms with Crippen LogP contribution >= 0.6 is 0 Å². The van der Waals surface area contributed by atoms with E-state index >= 15 is 0 Å². The standard InChI is InChI=1S/C33H45N5O4S/c1-33(2,3)24-19-25(30(42-6)28(20-24)43(7)41)34-31(39)27-18-22-10-8-11-23(29(22)36(27)5)21-37-14-16-38(17-15-37)32(40)26-12-9-13-35(26)4/h8,10-11,18-20,26H,9,12-17,21H2,1-7H3,(H,34,39)/t26-,43?/m0/s1. The molecular formula is C33H45N5O4S. The SMILES string of the molecule is COc1c(NC(=O)c2cc3cccc(CN4CCN(C(=O)[C@@H]5CCCN5C)CC4)c3n2C)cc(C(C)(C)C)cc1[S+](C)[O-]. The number of hydrogen-bond donors (Lipinski definition) is 1. The lowest BCUT2D eigenvalue weighted by Gasteiger charge is -2.37. The first-order valence-corrected chi connectivity index (χ1v) is 16.6. The molecule has 0 spiro atoms. The second-order valence-electron chi connectivity index (χ2n) is 12.9. The number of para-hydroxylation sites is 1. The van der Waals surface area contributed by atoms with Crippen molar-refractivity contribution in [2.45, 2.75) is 56.5 Å². The summed E-state index contributed by atoms with van der Waals surface area (Å²) in [7, 11) is 5.50. The predicted molar refractivity (Wildman–Crippen MR) is 172 cm³/mol. The van der Waals surface area contributed by atoms with E-state index in [0.29, 0.717) is 22.0 Å². The molecule has 2 fully saturated rings. The molecule has 2 aliphatic rings. The first-order valence-electron chi connectivity index (χ1n) is 15.0. The van der Waals surface area contributed by atoms with Crippen molar-refractivity contribution in [3.8, 4) is 5.75 Å². The molecule has 2 amide bonds. The lowest BCUT2D eigenvalue weighted by molar-refractivity contribution is -0.137. The van der Waals surface area contributed by atoms with Gasteiger partial charge in [0, 0.05) is 51.2 Å². The molecule has 9 nitrogen and oxygen atoms in total. The third-order valence-electron chi connectivity index (χ3n) is 8.94. The van der Waals surface area contributed by atoms with E-state index in [0.717, 1.165) is 74.1 Å². The first kappa shape index (κ1) is 31.4. The maximum Gasteiger partial charge on any atom is 0.272 e. The minimum Gasteiger partial charge on any atom is -0.612 e. The van der Waals surface area contributed by atoms with Crippen molar-refractivity contribution in [1.82, 2.24) is 19.3 Å². The van der Waals surface area contributed by atoms with Gasteiger partial charge in [0.1, 0.15) is 11.9 Å². The molecule has 1 N–H and O–H groups in total. The summed E-state index contributed by atoms with van der Waals surface area (Å²) in [6, 6.07) is 11.9. The number of carbonyl (C=O) groups excluding carboxylic acids is 2. The van der Waals surface area contributed by atoms with E-state index in [1.165, 1.54) is 7.11 Å². The Morgan fingerprint density at radius 3 is 2.40 bits per heavy atom. The fraction of sp³-hybridized carbons (Fsp3) is 0.515. The van der Waals surface area contributed by atoms with Gasteiger partial charge in [-0.15, -0.1) is 0 Å². The predicted octanol–water partition coefficient (Wildman–Crippen LogP) is 4.21. The lowest BCUT2D eigenvalue weighted by Crippen LogP contribution is -2.52. The van der Waals surface area contributed by atoms with E-state index in [1.807, 2.05) is 53.9 Å². The van der Waals surface area contributed by atoms with Crippen LogP contribution in [0.5, 0.6) is 5.75 Å². The number of likely N-dealkylation sites (tertiary alicyclic amines) is 1. The van der Waals surface area contributed by atoms with E-state index < -0.39 is 11.2 Å². The molecule has 0 saturated carbocycles. The zero-order chi connectivity index (χ0) is 31.1. The summed E-state index contributed by atoms with van der Waals surface area (Å²) in [5.41, 5.74) is 3.95. The summed E-state index contributed by atoms with van der Waals surface area (Å²) >= 11 is -1.30. The number of benzene rings is 2. The fourth-order valence-corrected chi connectivity index (χ4v) is 7.13. The lowest BCUT2D eigenvalue weighted by atomic mass is 9.86. The molecule has 10 heteroatoms. The number of likely N-dealkylation sites (N-methyl/N-ethyl adjacent to an activating group) is 1. The molecule has 3 heterocycles. The van der Waals surface area contributed by atoms with Crippen LogP contribution in [-0.2, 0) is 35.0 Å². The number of nitrogens with zero attached hydrogens (tertiary/aromatic N) is 4. The van der Waals surface area contributed by atoms with Crippen LogP contribution in [0.15, 0.2) is 41.3 Å². The van der Waals surface area contributed by atoms with Crippen molar-refractivity contribution in [3.05, 3.63) is 53.2 Å². The van der Waals surface area contributed by atoms with Gasteiger partial charge in [-0.05, 0) is 66.3 Å². The van der Waals surface area contributed by atoms with Gasteiger partial charge < -0.3 is 24.1 Å². The molecule has 2 saturated heterocycles. The van der Waals surface area contributed by atoms with Crippen LogP contribution in [0, 0.1) is 0 Å². The number of fused-ring (bicyclic) bond motifs is 1. The largest absolute Gasteiger partial charge is 0.612 e.